The van der Waals surface area contributed by atoms with Crippen LogP contribution in [-0.2, 0) is 14.3 Å². The summed E-state index contributed by atoms with van der Waals surface area (Å²) in [4.78, 5) is 48.3. The number of amides is 2. The van der Waals surface area contributed by atoms with Crippen LogP contribution in [0.5, 0.6) is 0 Å². The van der Waals surface area contributed by atoms with Crippen molar-refractivity contribution >= 4 is 29.2 Å². The smallest absolute Gasteiger partial charge is 0.341 e. The normalized spacial score (nSPS) is 9.92. The van der Waals surface area contributed by atoms with Gasteiger partial charge in [-0.25, -0.2) is 4.79 Å². The maximum atomic E-state index is 12.2. The SMILES string of the molecule is CN(C)C(=O)CNC(=O)COC(=O)c1cc([N+](=O)[O-])ccc1N(C)C. The number of anilines is 1. The van der Waals surface area contributed by atoms with Crippen molar-refractivity contribution in [3.05, 3.63) is 33.9 Å². The Morgan fingerprint density at radius 1 is 1.20 bits per heavy atom. The van der Waals surface area contributed by atoms with Crippen LogP contribution in [0.3, 0.4) is 0 Å². The fourth-order valence-electron chi connectivity index (χ4n) is 1.78. The van der Waals surface area contributed by atoms with Gasteiger partial charge in [0.15, 0.2) is 6.61 Å². The van der Waals surface area contributed by atoms with Crippen molar-refractivity contribution in [3.63, 3.8) is 0 Å². The molecule has 0 aliphatic rings. The molecule has 0 saturated carbocycles. The van der Waals surface area contributed by atoms with E-state index in [1.807, 2.05) is 0 Å². The monoisotopic (exact) mass is 352 g/mol. The Kier molecular flexibility index (Phi) is 6.85. The second kappa shape index (κ2) is 8.62. The average Bonchev–Trinajstić information content (AvgIpc) is 2.56. The standard InChI is InChI=1S/C15H20N4O6/c1-17(2)12-6-5-10(19(23)24)7-11(12)15(22)25-9-13(20)16-8-14(21)18(3)4/h5-7H,8-9H2,1-4H3,(H,16,20). The Balaban J connectivity index is 2.76. The molecule has 0 bridgehead atoms. The van der Waals surface area contributed by atoms with Crippen LogP contribution in [0.1, 0.15) is 10.4 Å². The average molecular weight is 352 g/mol. The number of rotatable bonds is 7. The second-order valence-corrected chi connectivity index (χ2v) is 5.49. The van der Waals surface area contributed by atoms with Gasteiger partial charge in [-0.2, -0.15) is 0 Å². The van der Waals surface area contributed by atoms with Crippen molar-refractivity contribution < 1.29 is 24.0 Å². The second-order valence-electron chi connectivity index (χ2n) is 5.49. The van der Waals surface area contributed by atoms with Crippen LogP contribution >= 0.6 is 0 Å². The third kappa shape index (κ3) is 5.75. The van der Waals surface area contributed by atoms with Gasteiger partial charge in [0.05, 0.1) is 22.7 Å². The van der Waals surface area contributed by atoms with Gasteiger partial charge in [0, 0.05) is 40.3 Å². The number of carbonyl (C=O) groups excluding carboxylic acids is 3. The topological polar surface area (TPSA) is 122 Å². The maximum Gasteiger partial charge on any atom is 0.341 e. The first-order valence-corrected chi connectivity index (χ1v) is 7.23. The third-order valence-corrected chi connectivity index (χ3v) is 3.16. The number of nitro benzene ring substituents is 1. The predicted octanol–water partition coefficient (Wildman–Crippen LogP) is 0.0220. The quantitative estimate of drug-likeness (QED) is 0.417. The van der Waals surface area contributed by atoms with Crippen molar-refractivity contribution in [1.29, 1.82) is 0 Å². The highest BCUT2D eigenvalue weighted by atomic mass is 16.6. The summed E-state index contributed by atoms with van der Waals surface area (Å²) in [6.45, 7) is -0.821. The summed E-state index contributed by atoms with van der Waals surface area (Å²) >= 11 is 0. The predicted molar refractivity (Wildman–Crippen MR) is 89.4 cm³/mol. The number of nitrogens with one attached hydrogen (secondary N) is 1. The highest BCUT2D eigenvalue weighted by Gasteiger charge is 2.20. The lowest BCUT2D eigenvalue weighted by atomic mass is 10.1. The first-order valence-electron chi connectivity index (χ1n) is 7.23. The Labute approximate surface area is 144 Å². The van der Waals surface area contributed by atoms with Crippen LogP contribution in [0, 0.1) is 10.1 Å². The molecule has 1 N–H and O–H groups in total. The third-order valence-electron chi connectivity index (χ3n) is 3.16. The lowest BCUT2D eigenvalue weighted by Gasteiger charge is -2.16. The Morgan fingerprint density at radius 3 is 2.36 bits per heavy atom. The molecule has 0 aliphatic carbocycles. The van der Waals surface area contributed by atoms with Gasteiger partial charge in [-0.3, -0.25) is 19.7 Å². The van der Waals surface area contributed by atoms with Gasteiger partial charge in [-0.15, -0.1) is 0 Å². The molecule has 1 rings (SSSR count). The number of nitro groups is 1. The van der Waals surface area contributed by atoms with Gasteiger partial charge in [0.2, 0.25) is 5.91 Å². The molecule has 0 radical (unpaired) electrons. The molecule has 2 amide bonds. The van der Waals surface area contributed by atoms with Crippen LogP contribution in [0.15, 0.2) is 18.2 Å². The summed E-state index contributed by atoms with van der Waals surface area (Å²) in [5.41, 5.74) is 0.119. The molecule has 0 saturated heterocycles. The van der Waals surface area contributed by atoms with Gasteiger partial charge in [-0.1, -0.05) is 0 Å². The van der Waals surface area contributed by atoms with Gasteiger partial charge in [0.25, 0.3) is 11.6 Å². The number of esters is 1. The molecule has 0 fully saturated rings. The van der Waals surface area contributed by atoms with E-state index in [0.717, 1.165) is 6.07 Å². The molecule has 0 atom stereocenters. The minimum atomic E-state index is -0.874. The summed E-state index contributed by atoms with van der Waals surface area (Å²) < 4.78 is 4.88. The number of hydrogen-bond donors (Lipinski definition) is 1. The van der Waals surface area contributed by atoms with Gasteiger partial charge in [-0.05, 0) is 6.07 Å². The van der Waals surface area contributed by atoms with Crippen molar-refractivity contribution in [3.8, 4) is 0 Å². The summed E-state index contributed by atoms with van der Waals surface area (Å²) in [7, 11) is 6.41. The lowest BCUT2D eigenvalue weighted by Crippen LogP contribution is -2.38. The molecule has 0 aliphatic heterocycles. The van der Waals surface area contributed by atoms with Crippen LogP contribution < -0.4 is 10.2 Å². The van der Waals surface area contributed by atoms with E-state index in [2.05, 4.69) is 5.32 Å². The van der Waals surface area contributed by atoms with Crippen molar-refractivity contribution in [2.24, 2.45) is 0 Å². The molecular formula is C15H20N4O6. The molecule has 10 heteroatoms. The Hall–Kier alpha value is -3.17. The van der Waals surface area contributed by atoms with E-state index in [-0.39, 0.29) is 23.7 Å². The molecular weight excluding hydrogens is 332 g/mol. The van der Waals surface area contributed by atoms with Crippen molar-refractivity contribution in [2.45, 2.75) is 0 Å². The zero-order valence-electron chi connectivity index (χ0n) is 14.4. The van der Waals surface area contributed by atoms with Crippen LogP contribution in [-0.4, -0.2) is 68.9 Å². The van der Waals surface area contributed by atoms with E-state index < -0.39 is 23.4 Å². The number of benzene rings is 1. The van der Waals surface area contributed by atoms with E-state index in [1.165, 1.54) is 17.0 Å². The number of likely N-dealkylation sites (N-methyl/N-ethyl adjacent to an activating group) is 1. The lowest BCUT2D eigenvalue weighted by molar-refractivity contribution is -0.384. The Morgan fingerprint density at radius 2 is 1.84 bits per heavy atom. The van der Waals surface area contributed by atoms with E-state index in [0.29, 0.717) is 5.69 Å². The molecule has 136 valence electrons. The van der Waals surface area contributed by atoms with E-state index in [4.69, 9.17) is 4.74 Å². The van der Waals surface area contributed by atoms with Crippen LogP contribution in [0.4, 0.5) is 11.4 Å². The summed E-state index contributed by atoms with van der Waals surface area (Å²) in [5, 5.41) is 13.2. The van der Waals surface area contributed by atoms with E-state index in [1.54, 1.807) is 33.1 Å². The highest BCUT2D eigenvalue weighted by Crippen LogP contribution is 2.24. The first-order chi connectivity index (χ1) is 11.6. The summed E-state index contributed by atoms with van der Waals surface area (Å²) in [5.74, 6) is -1.84. The number of non-ortho nitro benzene ring substituents is 1. The molecule has 1 aromatic rings. The van der Waals surface area contributed by atoms with E-state index in [9.17, 15) is 24.5 Å². The fourth-order valence-corrected chi connectivity index (χ4v) is 1.78. The largest absolute Gasteiger partial charge is 0.452 e. The molecule has 0 unspecified atom stereocenters. The number of nitrogens with zero attached hydrogens (tertiary/aromatic N) is 3. The van der Waals surface area contributed by atoms with Crippen molar-refractivity contribution in [1.82, 2.24) is 10.2 Å². The number of hydrogen-bond acceptors (Lipinski definition) is 7. The van der Waals surface area contributed by atoms with E-state index >= 15 is 0 Å². The molecule has 1 aromatic carbocycles. The summed E-state index contributed by atoms with van der Waals surface area (Å²) in [6.07, 6.45) is 0. The molecule has 0 aromatic heterocycles. The maximum absolute atomic E-state index is 12.2. The van der Waals surface area contributed by atoms with Crippen LogP contribution in [0.25, 0.3) is 0 Å². The number of ether oxygens (including phenoxy) is 1. The molecule has 0 heterocycles. The molecule has 25 heavy (non-hydrogen) atoms. The molecule has 0 spiro atoms. The first kappa shape index (κ1) is 19.9. The number of carbonyl (C=O) groups is 3. The highest BCUT2D eigenvalue weighted by molar-refractivity contribution is 5.97. The zero-order chi connectivity index (χ0) is 19.1. The zero-order valence-corrected chi connectivity index (χ0v) is 14.4. The van der Waals surface area contributed by atoms with Gasteiger partial charge < -0.3 is 19.9 Å². The minimum Gasteiger partial charge on any atom is -0.452 e. The van der Waals surface area contributed by atoms with Crippen LogP contribution in [0.2, 0.25) is 0 Å². The minimum absolute atomic E-state index is 0.0311. The molecule has 10 nitrogen and oxygen atoms in total. The summed E-state index contributed by atoms with van der Waals surface area (Å²) in [6, 6.07) is 3.78. The van der Waals surface area contributed by atoms with Gasteiger partial charge >= 0.3 is 5.97 Å². The van der Waals surface area contributed by atoms with Gasteiger partial charge in [0.1, 0.15) is 0 Å². The Bertz CT molecular complexity index is 687. The fraction of sp³-hybridized carbons (Fsp3) is 0.400. The van der Waals surface area contributed by atoms with Crippen molar-refractivity contribution in [2.75, 3.05) is 46.2 Å².